The van der Waals surface area contributed by atoms with Crippen molar-refractivity contribution in [3.63, 3.8) is 0 Å². The number of aliphatic hydroxyl groups excluding tert-OH is 2. The van der Waals surface area contributed by atoms with Crippen molar-refractivity contribution in [1.82, 2.24) is 0 Å². The minimum atomic E-state index is 0.0972. The van der Waals surface area contributed by atoms with Crippen molar-refractivity contribution in [2.45, 2.75) is 25.7 Å². The molecule has 0 aromatic rings. The van der Waals surface area contributed by atoms with Crippen LogP contribution in [0.2, 0.25) is 0 Å². The first-order chi connectivity index (χ1) is 6.78. The molecule has 1 rings (SSSR count). The van der Waals surface area contributed by atoms with E-state index in [0.717, 1.165) is 12.5 Å². The second kappa shape index (κ2) is 9.40. The van der Waals surface area contributed by atoms with Gasteiger partial charge >= 0.3 is 0 Å². The van der Waals surface area contributed by atoms with E-state index in [9.17, 15) is 0 Å². The Labute approximate surface area is 86.3 Å². The van der Waals surface area contributed by atoms with Gasteiger partial charge < -0.3 is 21.7 Å². The van der Waals surface area contributed by atoms with E-state index in [-0.39, 0.29) is 6.61 Å². The third kappa shape index (κ3) is 6.32. The largest absolute Gasteiger partial charge is 0.396 e. The van der Waals surface area contributed by atoms with Gasteiger partial charge in [0.1, 0.15) is 0 Å². The van der Waals surface area contributed by atoms with Crippen molar-refractivity contribution in [3.8, 4) is 0 Å². The van der Waals surface area contributed by atoms with Gasteiger partial charge in [-0.05, 0) is 44.1 Å². The van der Waals surface area contributed by atoms with Crippen molar-refractivity contribution >= 4 is 0 Å². The Bertz CT molecular complexity index is 101. The lowest BCUT2D eigenvalue weighted by Crippen LogP contribution is -2.22. The van der Waals surface area contributed by atoms with E-state index in [0.29, 0.717) is 19.1 Å². The number of aliphatic hydroxyl groups is 2. The summed E-state index contributed by atoms with van der Waals surface area (Å²) in [6, 6.07) is 0. The average Bonchev–Trinajstić information content (AvgIpc) is 2.29. The number of hydrogen-bond donors (Lipinski definition) is 4. The van der Waals surface area contributed by atoms with Crippen LogP contribution in [0, 0.1) is 11.8 Å². The lowest BCUT2D eigenvalue weighted by Gasteiger charge is -2.25. The quantitative estimate of drug-likeness (QED) is 0.507. The van der Waals surface area contributed by atoms with Crippen molar-refractivity contribution in [2.24, 2.45) is 23.3 Å². The van der Waals surface area contributed by atoms with E-state index < -0.39 is 0 Å². The van der Waals surface area contributed by atoms with Crippen molar-refractivity contribution in [1.29, 1.82) is 0 Å². The van der Waals surface area contributed by atoms with Crippen LogP contribution in [-0.4, -0.2) is 36.5 Å². The predicted octanol–water partition coefficient (Wildman–Crippen LogP) is -0.319. The van der Waals surface area contributed by atoms with Gasteiger partial charge in [-0.15, -0.1) is 0 Å². The van der Waals surface area contributed by atoms with E-state index in [1.54, 1.807) is 0 Å². The molecule has 0 bridgehead atoms. The molecule has 0 aromatic carbocycles. The van der Waals surface area contributed by atoms with Crippen LogP contribution in [0.1, 0.15) is 25.7 Å². The zero-order chi connectivity index (χ0) is 10.8. The molecule has 0 unspecified atom stereocenters. The fourth-order valence-electron chi connectivity index (χ4n) is 1.65. The molecule has 1 aliphatic rings. The molecule has 0 heterocycles. The third-order valence-corrected chi connectivity index (χ3v) is 2.69. The molecule has 4 nitrogen and oxygen atoms in total. The molecule has 6 N–H and O–H groups in total. The maximum absolute atomic E-state index is 8.82. The number of rotatable bonds is 3. The van der Waals surface area contributed by atoms with E-state index in [2.05, 4.69) is 0 Å². The molecule has 0 aliphatic heterocycles. The zero-order valence-electron chi connectivity index (χ0n) is 8.86. The van der Waals surface area contributed by atoms with Crippen LogP contribution >= 0.6 is 0 Å². The molecule has 1 fully saturated rings. The summed E-state index contributed by atoms with van der Waals surface area (Å²) in [6.45, 7) is 1.68. The predicted molar refractivity (Wildman–Crippen MR) is 57.7 cm³/mol. The SMILES string of the molecule is NCC1CCC(CO)CC1.NCCO. The van der Waals surface area contributed by atoms with Crippen molar-refractivity contribution in [2.75, 3.05) is 26.3 Å². The van der Waals surface area contributed by atoms with E-state index in [1.165, 1.54) is 25.7 Å². The highest BCUT2D eigenvalue weighted by molar-refractivity contribution is 4.71. The summed E-state index contributed by atoms with van der Waals surface area (Å²) in [4.78, 5) is 0. The highest BCUT2D eigenvalue weighted by atomic mass is 16.3. The Morgan fingerprint density at radius 2 is 1.36 bits per heavy atom. The molecule has 0 spiro atoms. The van der Waals surface area contributed by atoms with Gasteiger partial charge in [0.05, 0.1) is 6.61 Å². The van der Waals surface area contributed by atoms with Crippen LogP contribution < -0.4 is 11.5 Å². The molecule has 1 saturated carbocycles. The first-order valence-electron chi connectivity index (χ1n) is 5.40. The minimum Gasteiger partial charge on any atom is -0.396 e. The Kier molecular flexibility index (Phi) is 9.29. The lowest BCUT2D eigenvalue weighted by atomic mass is 9.82. The molecule has 0 radical (unpaired) electrons. The van der Waals surface area contributed by atoms with Gasteiger partial charge in [0, 0.05) is 13.2 Å². The molecule has 4 heteroatoms. The van der Waals surface area contributed by atoms with Gasteiger partial charge in [0.25, 0.3) is 0 Å². The third-order valence-electron chi connectivity index (χ3n) is 2.69. The van der Waals surface area contributed by atoms with Crippen LogP contribution in [0.25, 0.3) is 0 Å². The standard InChI is InChI=1S/C8H17NO.C2H7NO/c9-5-7-1-3-8(6-10)4-2-7;3-1-2-4/h7-8,10H,1-6,9H2;4H,1-3H2. The van der Waals surface area contributed by atoms with Crippen LogP contribution in [0.4, 0.5) is 0 Å². The maximum Gasteiger partial charge on any atom is 0.0553 e. The zero-order valence-corrected chi connectivity index (χ0v) is 8.86. The van der Waals surface area contributed by atoms with Crippen LogP contribution in [-0.2, 0) is 0 Å². The number of hydrogen-bond acceptors (Lipinski definition) is 4. The summed E-state index contributed by atoms with van der Waals surface area (Å²) in [6.07, 6.45) is 4.81. The normalized spacial score (nSPS) is 26.6. The van der Waals surface area contributed by atoms with Gasteiger partial charge in [-0.2, -0.15) is 0 Å². The average molecular weight is 204 g/mol. The Hall–Kier alpha value is -0.160. The van der Waals surface area contributed by atoms with Crippen LogP contribution in [0.5, 0.6) is 0 Å². The highest BCUT2D eigenvalue weighted by Gasteiger charge is 2.18. The smallest absolute Gasteiger partial charge is 0.0553 e. The maximum atomic E-state index is 8.82. The lowest BCUT2D eigenvalue weighted by molar-refractivity contribution is 0.169. The van der Waals surface area contributed by atoms with Crippen molar-refractivity contribution < 1.29 is 10.2 Å². The molecule has 0 amide bonds. The highest BCUT2D eigenvalue weighted by Crippen LogP contribution is 2.27. The Balaban J connectivity index is 0.000000364. The van der Waals surface area contributed by atoms with Gasteiger partial charge in [-0.3, -0.25) is 0 Å². The van der Waals surface area contributed by atoms with Gasteiger partial charge in [0.15, 0.2) is 0 Å². The summed E-state index contributed by atoms with van der Waals surface area (Å²) in [5.74, 6) is 1.31. The monoisotopic (exact) mass is 204 g/mol. The topological polar surface area (TPSA) is 92.5 Å². The molecule has 0 saturated heterocycles. The number of nitrogens with two attached hydrogens (primary N) is 2. The molecular weight excluding hydrogens is 180 g/mol. The molecule has 86 valence electrons. The Morgan fingerprint density at radius 1 is 0.929 bits per heavy atom. The summed E-state index contributed by atoms with van der Waals surface area (Å²) in [5.41, 5.74) is 10.3. The van der Waals surface area contributed by atoms with Gasteiger partial charge in [0.2, 0.25) is 0 Å². The minimum absolute atomic E-state index is 0.0972. The van der Waals surface area contributed by atoms with Crippen LogP contribution in [0.3, 0.4) is 0 Å². The summed E-state index contributed by atoms with van der Waals surface area (Å²) < 4.78 is 0. The first kappa shape index (κ1) is 13.8. The van der Waals surface area contributed by atoms with Crippen LogP contribution in [0.15, 0.2) is 0 Å². The molecule has 1 aliphatic carbocycles. The molecule has 0 atom stereocenters. The first-order valence-corrected chi connectivity index (χ1v) is 5.40. The summed E-state index contributed by atoms with van der Waals surface area (Å²) in [5, 5.41) is 16.6. The second-order valence-electron chi connectivity index (χ2n) is 3.82. The van der Waals surface area contributed by atoms with Gasteiger partial charge in [-0.25, -0.2) is 0 Å². The van der Waals surface area contributed by atoms with E-state index in [1.807, 2.05) is 0 Å². The molecule has 14 heavy (non-hydrogen) atoms. The summed E-state index contributed by atoms with van der Waals surface area (Å²) >= 11 is 0. The van der Waals surface area contributed by atoms with Gasteiger partial charge in [-0.1, -0.05) is 0 Å². The van der Waals surface area contributed by atoms with Crippen molar-refractivity contribution in [3.05, 3.63) is 0 Å². The second-order valence-corrected chi connectivity index (χ2v) is 3.82. The van der Waals surface area contributed by atoms with E-state index >= 15 is 0 Å². The Morgan fingerprint density at radius 3 is 1.64 bits per heavy atom. The van der Waals surface area contributed by atoms with E-state index in [4.69, 9.17) is 21.7 Å². The summed E-state index contributed by atoms with van der Waals surface area (Å²) in [7, 11) is 0. The molecule has 0 aromatic heterocycles. The fraction of sp³-hybridized carbons (Fsp3) is 1.00. The fourth-order valence-corrected chi connectivity index (χ4v) is 1.65. The molecular formula is C10H24N2O2.